The van der Waals surface area contributed by atoms with Gasteiger partial charge in [-0.05, 0) is 45.6 Å². The SMILES string of the molecule is CCCN1CCC(NC(=NCCCCC(F)(F)F)NCC)CC1.I. The van der Waals surface area contributed by atoms with Gasteiger partial charge >= 0.3 is 6.18 Å². The molecule has 0 spiro atoms. The number of rotatable bonds is 8. The van der Waals surface area contributed by atoms with Gasteiger partial charge in [-0.25, -0.2) is 0 Å². The molecule has 4 nitrogen and oxygen atoms in total. The first-order valence-electron chi connectivity index (χ1n) is 8.78. The fraction of sp³-hybridized carbons (Fsp3) is 0.938. The van der Waals surface area contributed by atoms with Gasteiger partial charge in [0.2, 0.25) is 0 Å². The third-order valence-electron chi connectivity index (χ3n) is 3.95. The van der Waals surface area contributed by atoms with E-state index in [4.69, 9.17) is 0 Å². The molecule has 0 aliphatic carbocycles. The predicted octanol–water partition coefficient (Wildman–Crippen LogP) is 3.77. The zero-order chi connectivity index (χ0) is 17.1. The number of hydrogen-bond donors (Lipinski definition) is 2. The van der Waals surface area contributed by atoms with Crippen LogP contribution >= 0.6 is 24.0 Å². The molecule has 0 aromatic heterocycles. The molecule has 0 amide bonds. The van der Waals surface area contributed by atoms with Crippen molar-refractivity contribution < 1.29 is 13.2 Å². The van der Waals surface area contributed by atoms with Crippen LogP contribution in [0.1, 0.15) is 52.4 Å². The molecule has 24 heavy (non-hydrogen) atoms. The third-order valence-corrected chi connectivity index (χ3v) is 3.95. The van der Waals surface area contributed by atoms with E-state index in [1.807, 2.05) is 6.92 Å². The lowest BCUT2D eigenvalue weighted by atomic mass is 10.1. The normalized spacial score (nSPS) is 17.5. The highest BCUT2D eigenvalue weighted by molar-refractivity contribution is 14.0. The van der Waals surface area contributed by atoms with Gasteiger partial charge in [-0.1, -0.05) is 6.92 Å². The van der Waals surface area contributed by atoms with Crippen molar-refractivity contribution in [1.82, 2.24) is 15.5 Å². The van der Waals surface area contributed by atoms with Crippen LogP contribution in [0.2, 0.25) is 0 Å². The number of unbranched alkanes of at least 4 members (excludes halogenated alkanes) is 1. The minimum Gasteiger partial charge on any atom is -0.357 e. The highest BCUT2D eigenvalue weighted by Crippen LogP contribution is 2.22. The Balaban J connectivity index is 0.00000529. The molecule has 1 aliphatic rings. The molecule has 0 saturated carbocycles. The number of alkyl halides is 3. The van der Waals surface area contributed by atoms with Crippen molar-refractivity contribution in [2.75, 3.05) is 32.7 Å². The lowest BCUT2D eigenvalue weighted by molar-refractivity contribution is -0.135. The van der Waals surface area contributed by atoms with Crippen LogP contribution in [0, 0.1) is 0 Å². The van der Waals surface area contributed by atoms with Gasteiger partial charge in [0.05, 0.1) is 0 Å². The number of likely N-dealkylation sites (tertiary alicyclic amines) is 1. The molecule has 1 aliphatic heterocycles. The van der Waals surface area contributed by atoms with E-state index in [1.165, 1.54) is 6.42 Å². The van der Waals surface area contributed by atoms with Gasteiger partial charge in [0, 0.05) is 38.6 Å². The minimum atomic E-state index is -4.06. The second-order valence-electron chi connectivity index (χ2n) is 6.09. The van der Waals surface area contributed by atoms with Crippen LogP contribution in [0.5, 0.6) is 0 Å². The van der Waals surface area contributed by atoms with E-state index < -0.39 is 12.6 Å². The van der Waals surface area contributed by atoms with E-state index >= 15 is 0 Å². The van der Waals surface area contributed by atoms with Gasteiger partial charge in [-0.2, -0.15) is 13.2 Å². The van der Waals surface area contributed by atoms with E-state index in [-0.39, 0.29) is 30.4 Å². The van der Waals surface area contributed by atoms with Crippen molar-refractivity contribution in [3.63, 3.8) is 0 Å². The smallest absolute Gasteiger partial charge is 0.357 e. The Bertz CT molecular complexity index is 343. The Hall–Kier alpha value is -0.250. The fourth-order valence-corrected chi connectivity index (χ4v) is 2.76. The third kappa shape index (κ3) is 11.3. The fourth-order valence-electron chi connectivity index (χ4n) is 2.76. The molecule has 1 rings (SSSR count). The zero-order valence-electron chi connectivity index (χ0n) is 14.8. The Kier molecular flexibility index (Phi) is 12.9. The van der Waals surface area contributed by atoms with Crippen molar-refractivity contribution in [2.45, 2.75) is 64.6 Å². The predicted molar refractivity (Wildman–Crippen MR) is 104 cm³/mol. The highest BCUT2D eigenvalue weighted by Gasteiger charge is 2.25. The first-order chi connectivity index (χ1) is 10.9. The Morgan fingerprint density at radius 1 is 1.17 bits per heavy atom. The monoisotopic (exact) mass is 464 g/mol. The lowest BCUT2D eigenvalue weighted by Gasteiger charge is -2.32. The van der Waals surface area contributed by atoms with Crippen LogP contribution in [0.4, 0.5) is 13.2 Å². The maximum Gasteiger partial charge on any atom is 0.389 e. The van der Waals surface area contributed by atoms with Crippen LogP contribution in [0.25, 0.3) is 0 Å². The summed E-state index contributed by atoms with van der Waals surface area (Å²) < 4.78 is 36.3. The molecule has 0 aromatic carbocycles. The Morgan fingerprint density at radius 3 is 2.38 bits per heavy atom. The standard InChI is InChI=1S/C16H31F3N4.HI/c1-3-11-23-12-7-14(8-13-23)22-15(20-4-2)21-10-6-5-9-16(17,18)19;/h14H,3-13H2,1-2H3,(H2,20,21,22);1H. The van der Waals surface area contributed by atoms with Crippen molar-refractivity contribution in [3.8, 4) is 0 Å². The first-order valence-corrected chi connectivity index (χ1v) is 8.78. The van der Waals surface area contributed by atoms with Crippen LogP contribution in [-0.2, 0) is 0 Å². The quantitative estimate of drug-likeness (QED) is 0.249. The summed E-state index contributed by atoms with van der Waals surface area (Å²) in [6.45, 7) is 8.71. The average molecular weight is 464 g/mol. The topological polar surface area (TPSA) is 39.7 Å². The molecular weight excluding hydrogens is 432 g/mol. The Morgan fingerprint density at radius 2 is 1.83 bits per heavy atom. The number of aliphatic imine (C=N–C) groups is 1. The molecule has 0 radical (unpaired) electrons. The van der Waals surface area contributed by atoms with Crippen LogP contribution in [-0.4, -0.2) is 55.8 Å². The molecule has 0 aromatic rings. The molecule has 1 heterocycles. The van der Waals surface area contributed by atoms with Gasteiger partial charge < -0.3 is 15.5 Å². The van der Waals surface area contributed by atoms with Gasteiger partial charge in [-0.3, -0.25) is 4.99 Å². The summed E-state index contributed by atoms with van der Waals surface area (Å²) >= 11 is 0. The summed E-state index contributed by atoms with van der Waals surface area (Å²) in [7, 11) is 0. The van der Waals surface area contributed by atoms with Crippen molar-refractivity contribution >= 4 is 29.9 Å². The molecule has 1 fully saturated rings. The van der Waals surface area contributed by atoms with Gasteiger partial charge in [0.25, 0.3) is 0 Å². The maximum atomic E-state index is 12.1. The summed E-state index contributed by atoms with van der Waals surface area (Å²) in [6, 6.07) is 0.399. The summed E-state index contributed by atoms with van der Waals surface area (Å²) in [5, 5.41) is 6.59. The summed E-state index contributed by atoms with van der Waals surface area (Å²) in [4.78, 5) is 6.87. The van der Waals surface area contributed by atoms with Crippen molar-refractivity contribution in [2.24, 2.45) is 4.99 Å². The second kappa shape index (κ2) is 13.0. The van der Waals surface area contributed by atoms with E-state index in [0.29, 0.717) is 19.0 Å². The largest absolute Gasteiger partial charge is 0.389 e. The zero-order valence-corrected chi connectivity index (χ0v) is 17.1. The minimum absolute atomic E-state index is 0. The molecule has 0 unspecified atom stereocenters. The summed E-state index contributed by atoms with van der Waals surface area (Å²) in [6.07, 6.45) is -0.828. The van der Waals surface area contributed by atoms with E-state index in [1.54, 1.807) is 0 Å². The number of guanidine groups is 1. The summed E-state index contributed by atoms with van der Waals surface area (Å²) in [5.74, 6) is 0.730. The highest BCUT2D eigenvalue weighted by atomic mass is 127. The van der Waals surface area contributed by atoms with Crippen LogP contribution < -0.4 is 10.6 Å². The van der Waals surface area contributed by atoms with E-state index in [9.17, 15) is 13.2 Å². The van der Waals surface area contributed by atoms with Crippen molar-refractivity contribution in [3.05, 3.63) is 0 Å². The number of nitrogens with one attached hydrogen (secondary N) is 2. The molecule has 2 N–H and O–H groups in total. The number of hydrogen-bond acceptors (Lipinski definition) is 2. The first kappa shape index (κ1) is 23.8. The Labute approximate surface area is 161 Å². The molecule has 0 bridgehead atoms. The molecule has 144 valence electrons. The van der Waals surface area contributed by atoms with Gasteiger partial charge in [0.1, 0.15) is 0 Å². The van der Waals surface area contributed by atoms with Gasteiger partial charge in [0.15, 0.2) is 5.96 Å². The molecule has 0 atom stereocenters. The molecule has 8 heteroatoms. The maximum absolute atomic E-state index is 12.1. The van der Waals surface area contributed by atoms with E-state index in [0.717, 1.165) is 45.0 Å². The lowest BCUT2D eigenvalue weighted by Crippen LogP contribution is -2.48. The number of nitrogens with zero attached hydrogens (tertiary/aromatic N) is 2. The molecule has 1 saturated heterocycles. The van der Waals surface area contributed by atoms with Gasteiger partial charge in [-0.15, -0.1) is 24.0 Å². The van der Waals surface area contributed by atoms with E-state index in [2.05, 4.69) is 27.4 Å². The van der Waals surface area contributed by atoms with Crippen LogP contribution in [0.15, 0.2) is 4.99 Å². The number of halogens is 4. The average Bonchev–Trinajstić information content (AvgIpc) is 2.48. The second-order valence-corrected chi connectivity index (χ2v) is 6.09. The van der Waals surface area contributed by atoms with Crippen molar-refractivity contribution in [1.29, 1.82) is 0 Å². The number of piperidine rings is 1. The summed E-state index contributed by atoms with van der Waals surface area (Å²) in [5.41, 5.74) is 0. The molecular formula is C16H32F3IN4. The van der Waals surface area contributed by atoms with Crippen LogP contribution in [0.3, 0.4) is 0 Å².